The van der Waals surface area contributed by atoms with Crippen LogP contribution in [0.1, 0.15) is 6.92 Å². The Kier molecular flexibility index (Phi) is 3.28. The molecule has 0 unspecified atom stereocenters. The van der Waals surface area contributed by atoms with Gasteiger partial charge < -0.3 is 0 Å². The molecule has 0 saturated carbocycles. The average Bonchev–Trinajstić information content (AvgIpc) is 2.66. The second-order valence-corrected chi connectivity index (χ2v) is 4.46. The van der Waals surface area contributed by atoms with Gasteiger partial charge in [0.1, 0.15) is 0 Å². The van der Waals surface area contributed by atoms with Crippen molar-refractivity contribution in [3.8, 4) is 12.3 Å². The number of sulfonamides is 1. The van der Waals surface area contributed by atoms with Crippen LogP contribution >= 0.6 is 0 Å². The number of hydrogen-bond donors (Lipinski definition) is 1. The Balaban J connectivity index is 3.01. The molecule has 14 heavy (non-hydrogen) atoms. The van der Waals surface area contributed by atoms with Crippen molar-refractivity contribution in [2.45, 2.75) is 11.9 Å². The number of terminal acetylenes is 1. The fraction of sp³-hybridized carbons (Fsp3) is 0.375. The first-order chi connectivity index (χ1) is 6.62. The quantitative estimate of drug-likeness (QED) is 0.719. The minimum absolute atomic E-state index is 0.0644. The monoisotopic (exact) mass is 213 g/mol. The predicted molar refractivity (Wildman–Crippen MR) is 51.9 cm³/mol. The largest absolute Gasteiger partial charge is 0.266 e. The van der Waals surface area contributed by atoms with Gasteiger partial charge in [-0.15, -0.1) is 6.42 Å². The van der Waals surface area contributed by atoms with Crippen molar-refractivity contribution in [3.05, 3.63) is 12.3 Å². The van der Waals surface area contributed by atoms with Crippen LogP contribution in [-0.4, -0.2) is 36.0 Å². The predicted octanol–water partition coefficient (Wildman–Crippen LogP) is 0.0535. The molecular formula is C8H11N3O2S. The topological polar surface area (TPSA) is 66.1 Å². The van der Waals surface area contributed by atoms with E-state index in [-0.39, 0.29) is 11.6 Å². The summed E-state index contributed by atoms with van der Waals surface area (Å²) in [4.78, 5) is 0. The van der Waals surface area contributed by atoms with E-state index in [9.17, 15) is 8.42 Å². The molecule has 0 amide bonds. The zero-order valence-corrected chi connectivity index (χ0v) is 8.58. The van der Waals surface area contributed by atoms with E-state index in [0.717, 1.165) is 0 Å². The highest BCUT2D eigenvalue weighted by molar-refractivity contribution is 7.89. The van der Waals surface area contributed by atoms with Crippen LogP contribution in [0.3, 0.4) is 0 Å². The normalized spacial score (nSPS) is 11.5. The van der Waals surface area contributed by atoms with E-state index >= 15 is 0 Å². The summed E-state index contributed by atoms with van der Waals surface area (Å²) in [6, 6.07) is 1.40. The van der Waals surface area contributed by atoms with Gasteiger partial charge in [0, 0.05) is 6.54 Å². The first-order valence-corrected chi connectivity index (χ1v) is 5.50. The molecule has 0 aliphatic heterocycles. The number of aromatic nitrogens is 2. The average molecular weight is 213 g/mol. The molecule has 1 aromatic heterocycles. The molecule has 0 spiro atoms. The Morgan fingerprint density at radius 1 is 1.71 bits per heavy atom. The molecule has 0 saturated heterocycles. The lowest BCUT2D eigenvalue weighted by molar-refractivity contribution is 0.461. The van der Waals surface area contributed by atoms with Crippen molar-refractivity contribution >= 4 is 10.0 Å². The number of rotatable bonds is 4. The molecule has 5 nitrogen and oxygen atoms in total. The lowest BCUT2D eigenvalue weighted by Crippen LogP contribution is -2.31. The van der Waals surface area contributed by atoms with Gasteiger partial charge in [0.05, 0.1) is 12.7 Å². The summed E-state index contributed by atoms with van der Waals surface area (Å²) < 4.78 is 24.7. The molecule has 0 atom stereocenters. The van der Waals surface area contributed by atoms with Gasteiger partial charge in [-0.2, -0.15) is 9.40 Å². The van der Waals surface area contributed by atoms with E-state index in [2.05, 4.69) is 16.1 Å². The third kappa shape index (κ3) is 1.95. The van der Waals surface area contributed by atoms with Crippen molar-refractivity contribution < 1.29 is 8.42 Å². The molecule has 0 aromatic carbocycles. The molecule has 0 radical (unpaired) electrons. The van der Waals surface area contributed by atoms with E-state index in [1.165, 1.54) is 16.6 Å². The summed E-state index contributed by atoms with van der Waals surface area (Å²) in [5.41, 5.74) is 0. The zero-order chi connectivity index (χ0) is 10.6. The maximum absolute atomic E-state index is 11.8. The number of nitrogens with zero attached hydrogens (tertiary/aromatic N) is 2. The summed E-state index contributed by atoms with van der Waals surface area (Å²) in [7, 11) is -3.50. The molecule has 1 heterocycles. The smallest absolute Gasteiger partial charge is 0.260 e. The van der Waals surface area contributed by atoms with Gasteiger partial charge in [-0.25, -0.2) is 8.42 Å². The van der Waals surface area contributed by atoms with Gasteiger partial charge in [0.2, 0.25) is 0 Å². The highest BCUT2D eigenvalue weighted by atomic mass is 32.2. The molecular weight excluding hydrogens is 202 g/mol. The molecule has 76 valence electrons. The van der Waals surface area contributed by atoms with Crippen LogP contribution in [0.15, 0.2) is 17.3 Å². The minimum Gasteiger partial charge on any atom is -0.266 e. The molecule has 0 bridgehead atoms. The molecule has 6 heteroatoms. The Morgan fingerprint density at radius 2 is 2.43 bits per heavy atom. The van der Waals surface area contributed by atoms with Gasteiger partial charge >= 0.3 is 0 Å². The van der Waals surface area contributed by atoms with Crippen LogP contribution in [0.25, 0.3) is 0 Å². The van der Waals surface area contributed by atoms with Crippen molar-refractivity contribution in [2.75, 3.05) is 13.1 Å². The standard InChI is InChI=1S/C8H11N3O2S/c1-3-7-11(4-2)14(12,13)8-5-6-9-10-8/h1,5-6H,4,7H2,2H3,(H,9,10). The number of aromatic amines is 1. The van der Waals surface area contributed by atoms with Gasteiger partial charge in [-0.05, 0) is 6.07 Å². The summed E-state index contributed by atoms with van der Waals surface area (Å²) in [5, 5.41) is 6.05. The lowest BCUT2D eigenvalue weighted by Gasteiger charge is -2.15. The van der Waals surface area contributed by atoms with Gasteiger partial charge in [0.15, 0.2) is 5.03 Å². The van der Waals surface area contributed by atoms with E-state index in [1.807, 2.05) is 0 Å². The Hall–Kier alpha value is -1.32. The first-order valence-electron chi connectivity index (χ1n) is 4.06. The second-order valence-electron chi connectivity index (χ2n) is 2.56. The fourth-order valence-electron chi connectivity index (χ4n) is 0.994. The van der Waals surface area contributed by atoms with Gasteiger partial charge in [-0.1, -0.05) is 12.8 Å². The molecule has 1 aromatic rings. The Labute approximate surface area is 83.2 Å². The maximum Gasteiger partial charge on any atom is 0.260 e. The van der Waals surface area contributed by atoms with Crippen molar-refractivity contribution in [1.82, 2.24) is 14.5 Å². The number of hydrogen-bond acceptors (Lipinski definition) is 3. The zero-order valence-electron chi connectivity index (χ0n) is 7.77. The highest BCUT2D eigenvalue weighted by Gasteiger charge is 2.23. The fourth-order valence-corrected chi connectivity index (χ4v) is 2.26. The Bertz CT molecular complexity index is 416. The summed E-state index contributed by atoms with van der Waals surface area (Å²) in [6.07, 6.45) is 6.46. The maximum atomic E-state index is 11.8. The highest BCUT2D eigenvalue weighted by Crippen LogP contribution is 2.10. The van der Waals surface area contributed by atoms with E-state index in [4.69, 9.17) is 6.42 Å². The van der Waals surface area contributed by atoms with Crippen LogP contribution in [0.2, 0.25) is 0 Å². The van der Waals surface area contributed by atoms with Crippen LogP contribution in [-0.2, 0) is 10.0 Å². The van der Waals surface area contributed by atoms with Gasteiger partial charge in [-0.3, -0.25) is 5.10 Å². The van der Waals surface area contributed by atoms with Crippen LogP contribution in [0.4, 0.5) is 0 Å². The third-order valence-electron chi connectivity index (χ3n) is 1.71. The lowest BCUT2D eigenvalue weighted by atomic mass is 10.6. The van der Waals surface area contributed by atoms with Gasteiger partial charge in [0.25, 0.3) is 10.0 Å². The van der Waals surface area contributed by atoms with Crippen LogP contribution in [0.5, 0.6) is 0 Å². The molecule has 1 N–H and O–H groups in total. The summed E-state index contributed by atoms with van der Waals surface area (Å²) in [5.74, 6) is 2.30. The number of nitrogens with one attached hydrogen (secondary N) is 1. The second kappa shape index (κ2) is 4.26. The summed E-state index contributed by atoms with van der Waals surface area (Å²) >= 11 is 0. The Morgan fingerprint density at radius 3 is 2.86 bits per heavy atom. The van der Waals surface area contributed by atoms with E-state index in [0.29, 0.717) is 6.54 Å². The molecule has 0 aliphatic carbocycles. The van der Waals surface area contributed by atoms with Crippen LogP contribution in [0, 0.1) is 12.3 Å². The van der Waals surface area contributed by atoms with Crippen molar-refractivity contribution in [2.24, 2.45) is 0 Å². The molecule has 0 aliphatic rings. The third-order valence-corrected chi connectivity index (χ3v) is 3.56. The molecule has 1 rings (SSSR count). The minimum atomic E-state index is -3.50. The van der Waals surface area contributed by atoms with Crippen molar-refractivity contribution in [3.63, 3.8) is 0 Å². The molecule has 0 fully saturated rings. The van der Waals surface area contributed by atoms with Crippen LogP contribution < -0.4 is 0 Å². The summed E-state index contributed by atoms with van der Waals surface area (Å²) in [6.45, 7) is 2.13. The number of H-pyrrole nitrogens is 1. The van der Waals surface area contributed by atoms with E-state index in [1.54, 1.807) is 6.92 Å². The first kappa shape index (κ1) is 10.8. The van der Waals surface area contributed by atoms with E-state index < -0.39 is 10.0 Å². The van der Waals surface area contributed by atoms with Crippen molar-refractivity contribution in [1.29, 1.82) is 0 Å². The SMILES string of the molecule is C#CCN(CC)S(=O)(=O)c1ccn[nH]1.